The molecule has 214 valence electrons. The predicted octanol–water partition coefficient (Wildman–Crippen LogP) is 5.07. The lowest BCUT2D eigenvalue weighted by molar-refractivity contribution is -0.172. The number of likely N-dealkylation sites (tertiary alicyclic amines) is 2. The Morgan fingerprint density at radius 1 is 0.500 bits per heavy atom. The molecule has 2 aliphatic heterocycles. The van der Waals surface area contributed by atoms with Gasteiger partial charge < -0.3 is 28.7 Å². The van der Waals surface area contributed by atoms with Crippen LogP contribution in [0.3, 0.4) is 0 Å². The van der Waals surface area contributed by atoms with E-state index in [0.29, 0.717) is 24.6 Å². The number of hydrogen-bond donors (Lipinski definition) is 0. The summed E-state index contributed by atoms with van der Waals surface area (Å²) in [5.41, 5.74) is 1.87. The number of amides is 2. The predicted molar refractivity (Wildman–Crippen MR) is 157 cm³/mol. The monoisotopic (exact) mass is 564 g/mol. The SMILES string of the molecule is COc1ccc([C@@H]2[C@H](Oc3ccccc3)C(=O)N2CCN2C(=O)[C@@H](Oc3ccccc3)[C@H]2c2ccc(OC)cc2)cc1. The highest BCUT2D eigenvalue weighted by molar-refractivity contribution is 5.90. The van der Waals surface area contributed by atoms with Crippen LogP contribution in [0.25, 0.3) is 0 Å². The van der Waals surface area contributed by atoms with Crippen LogP contribution in [0.1, 0.15) is 23.2 Å². The van der Waals surface area contributed by atoms with Crippen molar-refractivity contribution in [3.8, 4) is 23.0 Å². The van der Waals surface area contributed by atoms with Gasteiger partial charge in [-0.15, -0.1) is 0 Å². The van der Waals surface area contributed by atoms with Crippen LogP contribution in [-0.4, -0.2) is 61.1 Å². The van der Waals surface area contributed by atoms with Crippen LogP contribution >= 0.6 is 0 Å². The standard InChI is InChI=1S/C34H32N2O6/c1-39-25-17-13-23(14-18-25)29-31(41-27-9-5-3-6-10-27)33(37)35(29)21-22-36-30(24-15-19-26(40-2)20-16-24)32(34(36)38)42-28-11-7-4-8-12-28/h3-20,29-32H,21-22H2,1-2H3/t29-,30-,31+,32+/m1/s1. The van der Waals surface area contributed by atoms with Crippen LogP contribution < -0.4 is 18.9 Å². The Bertz CT molecular complexity index is 1390. The van der Waals surface area contributed by atoms with E-state index in [-0.39, 0.29) is 23.9 Å². The number of β-lactam (4-membered cyclic amide) rings is 2. The number of ether oxygens (including phenoxy) is 4. The van der Waals surface area contributed by atoms with Gasteiger partial charge in [-0.05, 0) is 59.7 Å². The first kappa shape index (κ1) is 27.2. The van der Waals surface area contributed by atoms with Gasteiger partial charge in [0.15, 0.2) is 0 Å². The Balaban J connectivity index is 1.22. The molecule has 0 spiro atoms. The fraction of sp³-hybridized carbons (Fsp3) is 0.235. The van der Waals surface area contributed by atoms with Gasteiger partial charge in [-0.2, -0.15) is 0 Å². The number of hydrogen-bond acceptors (Lipinski definition) is 6. The van der Waals surface area contributed by atoms with E-state index in [9.17, 15) is 9.59 Å². The van der Waals surface area contributed by atoms with Crippen LogP contribution in [0.5, 0.6) is 23.0 Å². The Hall–Kier alpha value is -4.98. The molecule has 8 heteroatoms. The lowest BCUT2D eigenvalue weighted by Crippen LogP contribution is -2.66. The molecule has 8 nitrogen and oxygen atoms in total. The second-order valence-electron chi connectivity index (χ2n) is 10.2. The first-order valence-electron chi connectivity index (χ1n) is 13.9. The smallest absolute Gasteiger partial charge is 0.266 e. The van der Waals surface area contributed by atoms with E-state index < -0.39 is 12.2 Å². The fourth-order valence-electron chi connectivity index (χ4n) is 5.58. The molecule has 2 fully saturated rings. The summed E-state index contributed by atoms with van der Waals surface area (Å²) >= 11 is 0. The van der Waals surface area contributed by atoms with Gasteiger partial charge in [0.05, 0.1) is 14.2 Å². The van der Waals surface area contributed by atoms with Gasteiger partial charge in [0.2, 0.25) is 12.2 Å². The molecule has 0 saturated carbocycles. The molecular formula is C34H32N2O6. The molecule has 4 aromatic carbocycles. The van der Waals surface area contributed by atoms with Gasteiger partial charge in [0, 0.05) is 13.1 Å². The zero-order valence-electron chi connectivity index (χ0n) is 23.5. The zero-order chi connectivity index (χ0) is 29.1. The van der Waals surface area contributed by atoms with Crippen molar-refractivity contribution in [3.05, 3.63) is 120 Å². The average molecular weight is 565 g/mol. The van der Waals surface area contributed by atoms with Crippen LogP contribution in [0.15, 0.2) is 109 Å². The third-order valence-electron chi connectivity index (χ3n) is 7.81. The van der Waals surface area contributed by atoms with E-state index in [1.54, 1.807) is 24.0 Å². The average Bonchev–Trinajstić information content (AvgIpc) is 3.05. The minimum atomic E-state index is -0.667. The Morgan fingerprint density at radius 3 is 1.19 bits per heavy atom. The molecular weight excluding hydrogens is 532 g/mol. The Labute approximate surface area is 245 Å². The van der Waals surface area contributed by atoms with Crippen molar-refractivity contribution in [2.45, 2.75) is 24.3 Å². The quantitative estimate of drug-likeness (QED) is 0.237. The topological polar surface area (TPSA) is 77.5 Å². The number of methoxy groups -OCH3 is 2. The molecule has 6 rings (SSSR count). The summed E-state index contributed by atoms with van der Waals surface area (Å²) in [6, 6.07) is 33.3. The van der Waals surface area contributed by atoms with E-state index in [2.05, 4.69) is 0 Å². The Kier molecular flexibility index (Phi) is 7.68. The molecule has 4 atom stereocenters. The highest BCUT2D eigenvalue weighted by atomic mass is 16.5. The molecule has 0 aromatic heterocycles. The van der Waals surface area contributed by atoms with Crippen LogP contribution in [-0.2, 0) is 9.59 Å². The number of benzene rings is 4. The molecule has 2 aliphatic rings. The van der Waals surface area contributed by atoms with E-state index >= 15 is 0 Å². The number of carbonyl (C=O) groups is 2. The minimum Gasteiger partial charge on any atom is -0.497 e. The number of carbonyl (C=O) groups excluding carboxylic acids is 2. The molecule has 4 aromatic rings. The van der Waals surface area contributed by atoms with Crippen molar-refractivity contribution in [1.29, 1.82) is 0 Å². The maximum absolute atomic E-state index is 13.4. The van der Waals surface area contributed by atoms with E-state index in [1.165, 1.54) is 0 Å². The number of para-hydroxylation sites is 2. The highest BCUT2D eigenvalue weighted by Crippen LogP contribution is 2.41. The molecule has 0 unspecified atom stereocenters. The third kappa shape index (κ3) is 5.23. The number of nitrogens with zero attached hydrogens (tertiary/aromatic N) is 2. The minimum absolute atomic E-state index is 0.120. The van der Waals surface area contributed by atoms with Gasteiger partial charge in [0.1, 0.15) is 35.1 Å². The molecule has 2 heterocycles. The Morgan fingerprint density at radius 2 is 0.857 bits per heavy atom. The van der Waals surface area contributed by atoms with Crippen molar-refractivity contribution in [1.82, 2.24) is 9.80 Å². The molecule has 0 aliphatic carbocycles. The highest BCUT2D eigenvalue weighted by Gasteiger charge is 2.53. The van der Waals surface area contributed by atoms with Crippen LogP contribution in [0, 0.1) is 0 Å². The third-order valence-corrected chi connectivity index (χ3v) is 7.81. The van der Waals surface area contributed by atoms with E-state index in [1.807, 2.05) is 109 Å². The van der Waals surface area contributed by atoms with E-state index in [0.717, 1.165) is 22.6 Å². The summed E-state index contributed by atoms with van der Waals surface area (Å²) in [7, 11) is 3.24. The summed E-state index contributed by atoms with van der Waals surface area (Å²) in [5.74, 6) is 2.49. The lowest BCUT2D eigenvalue weighted by Gasteiger charge is -2.50. The molecule has 0 N–H and O–H groups in total. The van der Waals surface area contributed by atoms with E-state index in [4.69, 9.17) is 18.9 Å². The lowest BCUT2D eigenvalue weighted by atomic mass is 9.88. The van der Waals surface area contributed by atoms with Gasteiger partial charge in [-0.3, -0.25) is 9.59 Å². The molecule has 0 radical (unpaired) electrons. The molecule has 2 saturated heterocycles. The first-order chi connectivity index (χ1) is 20.6. The first-order valence-corrected chi connectivity index (χ1v) is 13.9. The van der Waals surface area contributed by atoms with Crippen molar-refractivity contribution in [3.63, 3.8) is 0 Å². The van der Waals surface area contributed by atoms with Crippen LogP contribution in [0.4, 0.5) is 0 Å². The fourth-order valence-corrected chi connectivity index (χ4v) is 5.58. The van der Waals surface area contributed by atoms with Crippen molar-refractivity contribution in [2.24, 2.45) is 0 Å². The molecule has 42 heavy (non-hydrogen) atoms. The summed E-state index contributed by atoms with van der Waals surface area (Å²) in [5, 5.41) is 0. The number of rotatable bonds is 11. The van der Waals surface area contributed by atoms with Crippen molar-refractivity contribution >= 4 is 11.8 Å². The molecule has 0 bridgehead atoms. The summed E-state index contributed by atoms with van der Waals surface area (Å²) in [6.45, 7) is 0.696. The second-order valence-corrected chi connectivity index (χ2v) is 10.2. The largest absolute Gasteiger partial charge is 0.497 e. The van der Waals surface area contributed by atoms with Crippen molar-refractivity contribution < 1.29 is 28.5 Å². The summed E-state index contributed by atoms with van der Waals surface area (Å²) in [4.78, 5) is 30.4. The molecule has 2 amide bonds. The summed E-state index contributed by atoms with van der Waals surface area (Å²) < 4.78 is 22.9. The van der Waals surface area contributed by atoms with Gasteiger partial charge >= 0.3 is 0 Å². The van der Waals surface area contributed by atoms with Crippen LogP contribution in [0.2, 0.25) is 0 Å². The second kappa shape index (κ2) is 11.9. The van der Waals surface area contributed by atoms with Gasteiger partial charge in [0.25, 0.3) is 11.8 Å². The van der Waals surface area contributed by atoms with Gasteiger partial charge in [-0.25, -0.2) is 0 Å². The maximum atomic E-state index is 13.4. The summed E-state index contributed by atoms with van der Waals surface area (Å²) in [6.07, 6.45) is -1.33. The normalized spacial score (nSPS) is 21.3. The zero-order valence-corrected chi connectivity index (χ0v) is 23.5. The maximum Gasteiger partial charge on any atom is 0.266 e. The van der Waals surface area contributed by atoms with Gasteiger partial charge in [-0.1, -0.05) is 60.7 Å². The van der Waals surface area contributed by atoms with Crippen molar-refractivity contribution in [2.75, 3.05) is 27.3 Å².